The summed E-state index contributed by atoms with van der Waals surface area (Å²) < 4.78 is 17.1. The number of nitrogens with two attached hydrogens (primary N) is 1. The fourth-order valence-electron chi connectivity index (χ4n) is 4.72. The minimum Gasteiger partial charge on any atom is -0.477 e. The highest BCUT2D eigenvalue weighted by atomic mass is 32.2. The largest absolute Gasteiger partial charge is 0.477 e. The smallest absolute Gasteiger partial charge is 0.408 e. The van der Waals surface area contributed by atoms with Crippen molar-refractivity contribution in [3.05, 3.63) is 41.6 Å². The van der Waals surface area contributed by atoms with Crippen molar-refractivity contribution >= 4 is 75.4 Å². The van der Waals surface area contributed by atoms with E-state index in [9.17, 15) is 29.1 Å². The number of aromatic nitrogens is 5. The summed E-state index contributed by atoms with van der Waals surface area (Å²) in [6.45, 7) is 4.62. The molecule has 0 bridgehead atoms. The number of nitrogen functional groups attached to an aromatic ring is 1. The Morgan fingerprint density at radius 3 is 2.69 bits per heavy atom. The molecular weight excluding hydrogens is 686 g/mol. The van der Waals surface area contributed by atoms with Gasteiger partial charge in [0.15, 0.2) is 17.1 Å². The number of nitrogens with one attached hydrogen (secondary N) is 3. The second kappa shape index (κ2) is 14.4. The third-order valence-corrected chi connectivity index (χ3v) is 8.56. The summed E-state index contributed by atoms with van der Waals surface area (Å²) in [6.07, 6.45) is 2.56. The van der Waals surface area contributed by atoms with Gasteiger partial charge in [0.2, 0.25) is 24.2 Å². The Hall–Kier alpha value is -5.35. The van der Waals surface area contributed by atoms with Gasteiger partial charge in [-0.3, -0.25) is 19.3 Å². The lowest BCUT2D eigenvalue weighted by atomic mass is 10.0. The van der Waals surface area contributed by atoms with Crippen LogP contribution in [0.25, 0.3) is 5.65 Å². The van der Waals surface area contributed by atoms with Crippen LogP contribution in [0.2, 0.25) is 0 Å². The summed E-state index contributed by atoms with van der Waals surface area (Å²) in [5.41, 5.74) is 5.42. The molecule has 2 aliphatic heterocycles. The molecule has 0 saturated carbocycles. The minimum atomic E-state index is -1.30. The molecule has 5 heterocycles. The van der Waals surface area contributed by atoms with Crippen molar-refractivity contribution in [2.45, 2.75) is 44.3 Å². The lowest BCUT2D eigenvalue weighted by Crippen LogP contribution is -2.71. The molecule has 2 aliphatic rings. The van der Waals surface area contributed by atoms with Crippen molar-refractivity contribution in [3.63, 3.8) is 0 Å². The first kappa shape index (κ1) is 35.0. The van der Waals surface area contributed by atoms with E-state index in [2.05, 4.69) is 35.6 Å². The summed E-state index contributed by atoms with van der Waals surface area (Å²) >= 11 is 2.12. The maximum absolute atomic E-state index is 13.3. The first-order chi connectivity index (χ1) is 23.3. The Morgan fingerprint density at radius 2 is 2.02 bits per heavy atom. The van der Waals surface area contributed by atoms with Crippen LogP contribution >= 0.6 is 23.3 Å². The van der Waals surface area contributed by atoms with E-state index >= 15 is 0 Å². The van der Waals surface area contributed by atoms with Gasteiger partial charge in [-0.25, -0.2) is 14.2 Å². The van der Waals surface area contributed by atoms with E-state index in [1.54, 1.807) is 49.9 Å². The van der Waals surface area contributed by atoms with Crippen LogP contribution in [0.4, 0.5) is 15.7 Å². The van der Waals surface area contributed by atoms with Gasteiger partial charge < -0.3 is 41.1 Å². The number of nitrogens with zero attached hydrogens (tertiary/aromatic N) is 7. The molecule has 0 radical (unpaired) electrons. The number of ether oxygens (including phenoxy) is 2. The Balaban J connectivity index is 1.26. The zero-order valence-corrected chi connectivity index (χ0v) is 28.2. The molecule has 0 unspecified atom stereocenters. The van der Waals surface area contributed by atoms with Gasteiger partial charge in [0.05, 0.1) is 0 Å². The number of methoxy groups -OCH3 is 1. The third-order valence-electron chi connectivity index (χ3n) is 6.67. The van der Waals surface area contributed by atoms with E-state index < -0.39 is 46.8 Å². The highest BCUT2D eigenvalue weighted by Crippen LogP contribution is 2.40. The van der Waals surface area contributed by atoms with Gasteiger partial charge in [-0.05, 0) is 26.8 Å². The Labute approximate surface area is 285 Å². The fourth-order valence-corrected chi connectivity index (χ4v) is 6.49. The maximum atomic E-state index is 13.3. The topological polar surface area (TPSA) is 258 Å². The van der Waals surface area contributed by atoms with Crippen molar-refractivity contribution in [2.75, 3.05) is 37.3 Å². The molecule has 4 amide bonds. The van der Waals surface area contributed by atoms with Crippen molar-refractivity contribution in [3.8, 4) is 0 Å². The molecule has 1 fully saturated rings. The van der Waals surface area contributed by atoms with Crippen LogP contribution in [0.1, 0.15) is 26.6 Å². The number of carboxylic acid groups (broad SMARTS) is 1. The standard InChI is InChI=1S/C27H31N11O9S2/c1-27(2,3)47-26(44)29-9-15(39)30-14-5-6-16-36(7-8-37(16)33-14)10-13-11-48-23-18(22(41)38(23)19(13)24(42)43)31-21(40)17(34-46-12-45-4)20-32-25(28)49-35-20/h5-8,18,23H,9-12H2,1-4H3,(H5-,28,29,30,31,32,33,35,39,40,42,43,44)/p+1/b34-17-/t18-,23-/m1/s1. The first-order valence-corrected chi connectivity index (χ1v) is 16.2. The minimum absolute atomic E-state index is 0.0845. The van der Waals surface area contributed by atoms with Gasteiger partial charge in [-0.1, -0.05) is 14.8 Å². The van der Waals surface area contributed by atoms with E-state index in [0.29, 0.717) is 11.2 Å². The molecule has 260 valence electrons. The van der Waals surface area contributed by atoms with Gasteiger partial charge in [-0.15, -0.1) is 11.8 Å². The zero-order valence-electron chi connectivity index (χ0n) is 26.5. The van der Waals surface area contributed by atoms with E-state index in [0.717, 1.165) is 16.4 Å². The molecule has 1 saturated heterocycles. The number of imidazole rings is 1. The van der Waals surface area contributed by atoms with Crippen molar-refractivity contribution in [1.29, 1.82) is 0 Å². The quantitative estimate of drug-likeness (QED) is 0.0387. The van der Waals surface area contributed by atoms with E-state index in [-0.39, 0.29) is 53.8 Å². The number of hydrogen-bond acceptors (Lipinski definition) is 15. The Bertz CT molecular complexity index is 1870. The molecule has 0 aromatic carbocycles. The predicted molar refractivity (Wildman–Crippen MR) is 172 cm³/mol. The summed E-state index contributed by atoms with van der Waals surface area (Å²) in [5, 5.41) is 25.1. The Morgan fingerprint density at radius 1 is 1.24 bits per heavy atom. The average Bonchev–Trinajstić information content (AvgIpc) is 3.65. The number of thioether (sulfide) groups is 1. The number of fused-ring (bicyclic) bond motifs is 2. The molecule has 22 heteroatoms. The molecule has 3 aromatic rings. The van der Waals surface area contributed by atoms with Crippen LogP contribution in [-0.2, 0) is 40.0 Å². The molecule has 2 atom stereocenters. The normalized spacial score (nSPS) is 17.7. The number of β-lactam (4-membered cyclic amide) rings is 1. The number of amides is 4. The van der Waals surface area contributed by atoms with Crippen LogP contribution < -0.4 is 26.3 Å². The van der Waals surface area contributed by atoms with Crippen LogP contribution in [-0.4, -0.2) is 108 Å². The lowest BCUT2D eigenvalue weighted by molar-refractivity contribution is -0.662. The number of oxime groups is 1. The van der Waals surface area contributed by atoms with E-state index in [1.807, 2.05) is 0 Å². The van der Waals surface area contributed by atoms with Crippen molar-refractivity contribution < 1.29 is 48.0 Å². The Kier molecular flexibility index (Phi) is 10.3. The van der Waals surface area contributed by atoms with Gasteiger partial charge in [0.25, 0.3) is 11.8 Å². The van der Waals surface area contributed by atoms with Crippen molar-refractivity contribution in [2.24, 2.45) is 5.16 Å². The van der Waals surface area contributed by atoms with Crippen molar-refractivity contribution in [1.82, 2.24) is 34.5 Å². The molecule has 20 nitrogen and oxygen atoms in total. The summed E-state index contributed by atoms with van der Waals surface area (Å²) in [4.78, 5) is 73.0. The van der Waals surface area contributed by atoms with E-state index in [4.69, 9.17) is 20.0 Å². The number of carbonyl (C=O) groups excluding carboxylic acids is 4. The second-order valence-electron chi connectivity index (χ2n) is 11.4. The van der Waals surface area contributed by atoms with Crippen LogP contribution in [0.15, 0.2) is 41.0 Å². The highest BCUT2D eigenvalue weighted by molar-refractivity contribution is 8.00. The molecule has 0 spiro atoms. The second-order valence-corrected chi connectivity index (χ2v) is 13.3. The molecular formula is C27H32N11O9S2+. The van der Waals surface area contributed by atoms with Gasteiger partial charge >= 0.3 is 17.7 Å². The molecule has 0 aliphatic carbocycles. The number of rotatable bonds is 12. The van der Waals surface area contributed by atoms with Gasteiger partial charge in [-0.2, -0.15) is 9.36 Å². The number of alkyl carbamates (subject to hydrolysis) is 1. The van der Waals surface area contributed by atoms with E-state index in [1.165, 1.54) is 23.4 Å². The molecule has 5 rings (SSSR count). The SMILES string of the molecule is COCO/N=C(\C(=O)N[C@@H]1C(=O)N2C(C(=O)O)=C(C[n+]3ccn4nc(NC(=O)CNC(=O)OC(C)(C)C)ccc43)CS[C@H]12)c1nsc(N)n1. The fraction of sp³-hybridized carbons (Fsp3) is 0.407. The average molecular weight is 719 g/mol. The predicted octanol–water partition coefficient (Wildman–Crippen LogP) is -0.718. The maximum Gasteiger partial charge on any atom is 0.408 e. The number of carboxylic acids is 1. The molecule has 3 aromatic heterocycles. The number of hydrogen-bond donors (Lipinski definition) is 5. The third kappa shape index (κ3) is 8.04. The number of carbonyl (C=O) groups is 5. The van der Waals surface area contributed by atoms with Gasteiger partial charge in [0.1, 0.15) is 42.0 Å². The van der Waals surface area contributed by atoms with Crippen LogP contribution in [0, 0.1) is 0 Å². The summed E-state index contributed by atoms with van der Waals surface area (Å²) in [7, 11) is 1.36. The molecule has 49 heavy (non-hydrogen) atoms. The summed E-state index contributed by atoms with van der Waals surface area (Å²) in [5.74, 6) is -2.94. The number of aliphatic carboxylic acids is 1. The number of anilines is 2. The van der Waals surface area contributed by atoms with Crippen LogP contribution in [0.5, 0.6) is 0 Å². The summed E-state index contributed by atoms with van der Waals surface area (Å²) in [6, 6.07) is 2.16. The van der Waals surface area contributed by atoms with Crippen LogP contribution in [0.3, 0.4) is 0 Å². The molecule has 6 N–H and O–H groups in total. The van der Waals surface area contributed by atoms with Gasteiger partial charge in [0, 0.05) is 36.0 Å². The monoisotopic (exact) mass is 718 g/mol. The first-order valence-electron chi connectivity index (χ1n) is 14.4. The lowest BCUT2D eigenvalue weighted by Gasteiger charge is -2.49. The zero-order chi connectivity index (χ0) is 35.5. The highest BCUT2D eigenvalue weighted by Gasteiger charge is 2.54.